The van der Waals surface area contributed by atoms with Gasteiger partial charge in [0.15, 0.2) is 0 Å². The van der Waals surface area contributed by atoms with Gasteiger partial charge >= 0.3 is 0 Å². The molecule has 1 rings (SSSR count). The molecule has 0 spiro atoms. The van der Waals surface area contributed by atoms with E-state index in [-0.39, 0.29) is 5.91 Å². The highest BCUT2D eigenvalue weighted by molar-refractivity contribution is 6.29. The predicted octanol–water partition coefficient (Wildman–Crippen LogP) is 3.10. The average Bonchev–Trinajstić information content (AvgIpc) is 2.46. The number of carbonyl (C=O) groups excluding carboxylic acids is 1. The van der Waals surface area contributed by atoms with Crippen LogP contribution in [-0.4, -0.2) is 37.2 Å². The number of ether oxygens (including phenoxy) is 1. The quantitative estimate of drug-likeness (QED) is 0.514. The lowest BCUT2D eigenvalue weighted by molar-refractivity contribution is 0.0940. The van der Waals surface area contributed by atoms with Gasteiger partial charge in [0.2, 0.25) is 0 Å². The number of amides is 1. The normalized spacial score (nSPS) is 10.4. The zero-order chi connectivity index (χ0) is 15.5. The first-order valence-electron chi connectivity index (χ1n) is 7.44. The fourth-order valence-corrected chi connectivity index (χ4v) is 1.93. The first kappa shape index (κ1) is 17.7. The molecule has 0 bridgehead atoms. The van der Waals surface area contributed by atoms with Gasteiger partial charge in [-0.15, -0.1) is 0 Å². The molecule has 21 heavy (non-hydrogen) atoms. The van der Waals surface area contributed by atoms with Crippen LogP contribution in [0.2, 0.25) is 5.15 Å². The lowest BCUT2D eigenvalue weighted by Gasteiger charge is -2.08. The van der Waals surface area contributed by atoms with Gasteiger partial charge in [-0.25, -0.2) is 4.98 Å². The third kappa shape index (κ3) is 7.29. The largest absolute Gasteiger partial charge is 0.381 e. The second-order valence-electron chi connectivity index (χ2n) is 4.67. The first-order chi connectivity index (χ1) is 10.2. The molecule has 0 aliphatic heterocycles. The van der Waals surface area contributed by atoms with E-state index in [1.54, 1.807) is 12.1 Å². The molecule has 5 nitrogen and oxygen atoms in total. The number of aromatic nitrogens is 1. The number of pyridine rings is 1. The molecule has 2 N–H and O–H groups in total. The van der Waals surface area contributed by atoms with Crippen molar-refractivity contribution in [2.45, 2.75) is 33.1 Å². The summed E-state index contributed by atoms with van der Waals surface area (Å²) in [5.74, 6) is 0.463. The lowest BCUT2D eigenvalue weighted by atomic mass is 10.2. The molecule has 0 unspecified atom stereocenters. The van der Waals surface area contributed by atoms with Crippen LogP contribution in [0.3, 0.4) is 0 Å². The molecule has 0 saturated heterocycles. The number of carbonyl (C=O) groups is 1. The number of halogens is 1. The number of anilines is 1. The maximum Gasteiger partial charge on any atom is 0.251 e. The molecule has 1 aromatic rings. The van der Waals surface area contributed by atoms with Crippen molar-refractivity contribution in [2.24, 2.45) is 0 Å². The Balaban J connectivity index is 2.34. The topological polar surface area (TPSA) is 63.2 Å². The zero-order valence-corrected chi connectivity index (χ0v) is 13.5. The van der Waals surface area contributed by atoms with Crippen molar-refractivity contribution in [3.05, 3.63) is 22.8 Å². The molecule has 0 aliphatic carbocycles. The predicted molar refractivity (Wildman–Crippen MR) is 86.1 cm³/mol. The molecule has 1 amide bonds. The van der Waals surface area contributed by atoms with E-state index in [1.807, 2.05) is 6.92 Å². The molecule has 118 valence electrons. The standard InChI is InChI=1S/C15H24ClN3O2/c1-3-5-8-21-9-6-7-18-15(20)12-10-13(16)19-14(11-12)17-4-2/h10-11H,3-9H2,1-2H3,(H,17,19)(H,18,20). The van der Waals surface area contributed by atoms with E-state index in [0.29, 0.717) is 29.7 Å². The molecular weight excluding hydrogens is 290 g/mol. The van der Waals surface area contributed by atoms with E-state index in [0.717, 1.165) is 32.4 Å². The highest BCUT2D eigenvalue weighted by Crippen LogP contribution is 2.14. The molecule has 0 aromatic carbocycles. The van der Waals surface area contributed by atoms with Gasteiger partial charge in [0.25, 0.3) is 5.91 Å². The summed E-state index contributed by atoms with van der Waals surface area (Å²) in [6.07, 6.45) is 3.01. The molecule has 0 radical (unpaired) electrons. The monoisotopic (exact) mass is 313 g/mol. The van der Waals surface area contributed by atoms with Gasteiger partial charge in [-0.05, 0) is 31.9 Å². The van der Waals surface area contributed by atoms with Gasteiger partial charge in [-0.2, -0.15) is 0 Å². The van der Waals surface area contributed by atoms with Crippen molar-refractivity contribution >= 4 is 23.3 Å². The Morgan fingerprint density at radius 3 is 2.76 bits per heavy atom. The SMILES string of the molecule is CCCCOCCCNC(=O)c1cc(Cl)nc(NCC)c1. The summed E-state index contributed by atoms with van der Waals surface area (Å²) in [5.41, 5.74) is 0.512. The fourth-order valence-electron chi connectivity index (χ4n) is 1.73. The molecule has 0 atom stereocenters. The molecule has 0 saturated carbocycles. The van der Waals surface area contributed by atoms with Crippen molar-refractivity contribution in [1.82, 2.24) is 10.3 Å². The zero-order valence-electron chi connectivity index (χ0n) is 12.7. The van der Waals surface area contributed by atoms with Crippen molar-refractivity contribution in [3.63, 3.8) is 0 Å². The fraction of sp³-hybridized carbons (Fsp3) is 0.600. The molecule has 0 fully saturated rings. The van der Waals surface area contributed by atoms with Gasteiger partial charge in [0, 0.05) is 31.9 Å². The Labute approximate surface area is 131 Å². The summed E-state index contributed by atoms with van der Waals surface area (Å²) < 4.78 is 5.44. The van der Waals surface area contributed by atoms with Crippen molar-refractivity contribution < 1.29 is 9.53 Å². The molecule has 0 aliphatic rings. The van der Waals surface area contributed by atoms with Crippen molar-refractivity contribution in [2.75, 3.05) is 31.6 Å². The summed E-state index contributed by atoms with van der Waals surface area (Å²) >= 11 is 5.91. The third-order valence-electron chi connectivity index (χ3n) is 2.81. The van der Waals surface area contributed by atoms with Crippen LogP contribution in [0.15, 0.2) is 12.1 Å². The van der Waals surface area contributed by atoms with Gasteiger partial charge in [-0.1, -0.05) is 24.9 Å². The molecule has 6 heteroatoms. The average molecular weight is 314 g/mol. The number of hydrogen-bond donors (Lipinski definition) is 2. The Hall–Kier alpha value is -1.33. The molecule has 1 heterocycles. The second-order valence-corrected chi connectivity index (χ2v) is 5.06. The third-order valence-corrected chi connectivity index (χ3v) is 3.00. The summed E-state index contributed by atoms with van der Waals surface area (Å²) in [6, 6.07) is 3.26. The van der Waals surface area contributed by atoms with E-state index in [2.05, 4.69) is 22.5 Å². The van der Waals surface area contributed by atoms with Gasteiger partial charge in [0.05, 0.1) is 0 Å². The van der Waals surface area contributed by atoms with Crippen LogP contribution in [-0.2, 0) is 4.74 Å². The highest BCUT2D eigenvalue weighted by atomic mass is 35.5. The van der Waals surface area contributed by atoms with Gasteiger partial charge < -0.3 is 15.4 Å². The molecule has 1 aromatic heterocycles. The molecular formula is C15H24ClN3O2. The maximum atomic E-state index is 12.0. The number of rotatable bonds is 10. The van der Waals surface area contributed by atoms with E-state index in [9.17, 15) is 4.79 Å². The Bertz CT molecular complexity index is 441. The van der Waals surface area contributed by atoms with E-state index >= 15 is 0 Å². The van der Waals surface area contributed by atoms with Crippen LogP contribution in [0.25, 0.3) is 0 Å². The van der Waals surface area contributed by atoms with E-state index in [1.165, 1.54) is 0 Å². The number of nitrogens with one attached hydrogen (secondary N) is 2. The van der Waals surface area contributed by atoms with Crippen molar-refractivity contribution in [3.8, 4) is 0 Å². The van der Waals surface area contributed by atoms with Gasteiger partial charge in [0.1, 0.15) is 11.0 Å². The van der Waals surface area contributed by atoms with Gasteiger partial charge in [-0.3, -0.25) is 4.79 Å². The van der Waals surface area contributed by atoms with Crippen LogP contribution < -0.4 is 10.6 Å². The van der Waals surface area contributed by atoms with Crippen LogP contribution >= 0.6 is 11.6 Å². The highest BCUT2D eigenvalue weighted by Gasteiger charge is 2.08. The van der Waals surface area contributed by atoms with E-state index < -0.39 is 0 Å². The Morgan fingerprint density at radius 1 is 1.29 bits per heavy atom. The summed E-state index contributed by atoms with van der Waals surface area (Å²) in [6.45, 7) is 6.85. The number of unbranched alkanes of at least 4 members (excludes halogenated alkanes) is 1. The number of nitrogens with zero attached hydrogens (tertiary/aromatic N) is 1. The minimum Gasteiger partial charge on any atom is -0.381 e. The van der Waals surface area contributed by atoms with Crippen LogP contribution in [0.5, 0.6) is 0 Å². The maximum absolute atomic E-state index is 12.0. The first-order valence-corrected chi connectivity index (χ1v) is 7.82. The second kappa shape index (κ2) is 10.4. The van der Waals surface area contributed by atoms with Crippen LogP contribution in [0.1, 0.15) is 43.5 Å². The van der Waals surface area contributed by atoms with Crippen LogP contribution in [0.4, 0.5) is 5.82 Å². The minimum atomic E-state index is -0.146. The summed E-state index contributed by atoms with van der Waals surface area (Å²) in [5, 5.41) is 6.20. The van der Waals surface area contributed by atoms with E-state index in [4.69, 9.17) is 16.3 Å². The lowest BCUT2D eigenvalue weighted by Crippen LogP contribution is -2.25. The van der Waals surface area contributed by atoms with Crippen LogP contribution in [0, 0.1) is 0 Å². The minimum absolute atomic E-state index is 0.146. The summed E-state index contributed by atoms with van der Waals surface area (Å²) in [7, 11) is 0. The van der Waals surface area contributed by atoms with Crippen molar-refractivity contribution in [1.29, 1.82) is 0 Å². The Morgan fingerprint density at radius 2 is 2.05 bits per heavy atom. The Kier molecular flexibility index (Phi) is 8.78. The number of hydrogen-bond acceptors (Lipinski definition) is 4. The summed E-state index contributed by atoms with van der Waals surface area (Å²) in [4.78, 5) is 16.1. The smallest absolute Gasteiger partial charge is 0.251 e.